The summed E-state index contributed by atoms with van der Waals surface area (Å²) in [6.07, 6.45) is 0. The van der Waals surface area contributed by atoms with Crippen LogP contribution in [-0.2, 0) is 6.54 Å². The molecule has 6 nitrogen and oxygen atoms in total. The molecule has 0 saturated carbocycles. The van der Waals surface area contributed by atoms with Crippen LogP contribution in [0, 0.1) is 5.41 Å². The van der Waals surface area contributed by atoms with Crippen LogP contribution in [0.15, 0.2) is 23.2 Å². The molecule has 0 spiro atoms. The molecule has 3 N–H and O–H groups in total. The first-order valence-corrected chi connectivity index (χ1v) is 7.67. The van der Waals surface area contributed by atoms with E-state index in [1.165, 1.54) is 0 Å². The number of nitrogens with one attached hydrogen (secondary N) is 1. The monoisotopic (exact) mass is 322 g/mol. The van der Waals surface area contributed by atoms with Crippen LogP contribution in [0.3, 0.4) is 0 Å². The maximum absolute atomic E-state index is 5.96. The molecule has 0 aliphatic rings. The van der Waals surface area contributed by atoms with Gasteiger partial charge in [0.15, 0.2) is 17.5 Å². The summed E-state index contributed by atoms with van der Waals surface area (Å²) in [6, 6.07) is 5.73. The maximum atomic E-state index is 5.96. The Kier molecular flexibility index (Phi) is 7.16. The highest BCUT2D eigenvalue weighted by Crippen LogP contribution is 2.27. The van der Waals surface area contributed by atoms with Crippen molar-refractivity contribution in [3.05, 3.63) is 23.8 Å². The van der Waals surface area contributed by atoms with Gasteiger partial charge in [0.2, 0.25) is 0 Å². The smallest absolute Gasteiger partial charge is 0.188 e. The van der Waals surface area contributed by atoms with Gasteiger partial charge in [-0.1, -0.05) is 19.9 Å². The van der Waals surface area contributed by atoms with Crippen molar-refractivity contribution in [3.63, 3.8) is 0 Å². The zero-order valence-corrected chi connectivity index (χ0v) is 15.1. The normalized spacial score (nSPS) is 12.4. The largest absolute Gasteiger partial charge is 0.493 e. The van der Waals surface area contributed by atoms with Crippen molar-refractivity contribution >= 4 is 5.96 Å². The Morgan fingerprint density at radius 3 is 2.43 bits per heavy atom. The molecule has 0 radical (unpaired) electrons. The summed E-state index contributed by atoms with van der Waals surface area (Å²) >= 11 is 0. The Morgan fingerprint density at radius 1 is 1.22 bits per heavy atom. The summed E-state index contributed by atoms with van der Waals surface area (Å²) in [5.74, 6) is 1.85. The lowest BCUT2D eigenvalue weighted by Crippen LogP contribution is -2.42. The number of guanidine groups is 1. The standard InChI is InChI=1S/C17H30N4O2/c1-17(2,12-21(3)4)11-20-16(18)19-10-13-7-8-14(22-5)15(9-13)23-6/h7-9H,10-12H2,1-6H3,(H3,18,19,20). The molecule has 1 aromatic carbocycles. The van der Waals surface area contributed by atoms with Crippen LogP contribution in [0.4, 0.5) is 0 Å². The van der Waals surface area contributed by atoms with Gasteiger partial charge in [0, 0.05) is 13.1 Å². The van der Waals surface area contributed by atoms with E-state index in [0.29, 0.717) is 24.0 Å². The van der Waals surface area contributed by atoms with Gasteiger partial charge < -0.3 is 25.4 Å². The second-order valence-corrected chi connectivity index (χ2v) is 6.65. The lowest BCUT2D eigenvalue weighted by Gasteiger charge is -2.28. The summed E-state index contributed by atoms with van der Waals surface area (Å²) in [7, 11) is 7.37. The number of aliphatic imine (C=N–C) groups is 1. The van der Waals surface area contributed by atoms with Gasteiger partial charge in [-0.25, -0.2) is 4.99 Å². The first kappa shape index (κ1) is 19.1. The number of benzene rings is 1. The van der Waals surface area contributed by atoms with E-state index in [0.717, 1.165) is 18.7 Å². The molecule has 0 aromatic heterocycles. The van der Waals surface area contributed by atoms with E-state index in [2.05, 4.69) is 43.2 Å². The van der Waals surface area contributed by atoms with Crippen molar-refractivity contribution in [2.75, 3.05) is 41.4 Å². The molecule has 0 saturated heterocycles. The molecular formula is C17H30N4O2. The van der Waals surface area contributed by atoms with Crippen LogP contribution in [0.2, 0.25) is 0 Å². The average Bonchev–Trinajstić information content (AvgIpc) is 2.49. The summed E-state index contributed by atoms with van der Waals surface area (Å²) < 4.78 is 10.5. The fourth-order valence-electron chi connectivity index (χ4n) is 2.45. The molecule has 6 heteroatoms. The molecule has 0 bridgehead atoms. The van der Waals surface area contributed by atoms with E-state index in [1.807, 2.05) is 18.2 Å². The third kappa shape index (κ3) is 6.78. The Morgan fingerprint density at radius 2 is 1.87 bits per heavy atom. The zero-order valence-electron chi connectivity index (χ0n) is 15.1. The van der Waals surface area contributed by atoms with Gasteiger partial charge in [0.05, 0.1) is 20.8 Å². The highest BCUT2D eigenvalue weighted by atomic mass is 16.5. The third-order valence-corrected chi connectivity index (χ3v) is 3.37. The van der Waals surface area contributed by atoms with E-state index >= 15 is 0 Å². The second kappa shape index (κ2) is 8.62. The Balaban J connectivity index is 2.60. The van der Waals surface area contributed by atoms with Crippen molar-refractivity contribution in [2.45, 2.75) is 20.4 Å². The molecule has 0 atom stereocenters. The Labute approximate surface area is 139 Å². The lowest BCUT2D eigenvalue weighted by atomic mass is 9.93. The SMILES string of the molecule is COc1ccc(CN=C(N)NCC(C)(C)CN(C)C)cc1OC. The number of nitrogens with two attached hydrogens (primary N) is 1. The fourth-order valence-corrected chi connectivity index (χ4v) is 2.45. The Hall–Kier alpha value is -1.95. The number of hydrogen-bond acceptors (Lipinski definition) is 4. The van der Waals surface area contributed by atoms with Crippen LogP contribution < -0.4 is 20.5 Å². The third-order valence-electron chi connectivity index (χ3n) is 3.37. The fraction of sp³-hybridized carbons (Fsp3) is 0.588. The average molecular weight is 322 g/mol. The van der Waals surface area contributed by atoms with Crippen LogP contribution in [0.25, 0.3) is 0 Å². The number of hydrogen-bond donors (Lipinski definition) is 2. The number of nitrogens with zero attached hydrogens (tertiary/aromatic N) is 2. The molecule has 0 amide bonds. The van der Waals surface area contributed by atoms with Crippen LogP contribution >= 0.6 is 0 Å². The summed E-state index contributed by atoms with van der Waals surface area (Å²) in [5.41, 5.74) is 7.09. The quantitative estimate of drug-likeness (QED) is 0.563. The molecule has 1 aromatic rings. The zero-order chi connectivity index (χ0) is 17.5. The molecular weight excluding hydrogens is 292 g/mol. The number of ether oxygens (including phenoxy) is 2. The van der Waals surface area contributed by atoms with Gasteiger partial charge in [0.25, 0.3) is 0 Å². The number of methoxy groups -OCH3 is 2. The van der Waals surface area contributed by atoms with E-state index in [-0.39, 0.29) is 5.41 Å². The summed E-state index contributed by atoms with van der Waals surface area (Å²) in [6.45, 7) is 6.63. The minimum Gasteiger partial charge on any atom is -0.493 e. The first-order valence-electron chi connectivity index (χ1n) is 7.67. The summed E-state index contributed by atoms with van der Waals surface area (Å²) in [5, 5.41) is 3.19. The topological polar surface area (TPSA) is 72.1 Å². The number of rotatable bonds is 8. The van der Waals surface area contributed by atoms with E-state index in [1.54, 1.807) is 14.2 Å². The van der Waals surface area contributed by atoms with Crippen molar-refractivity contribution in [1.29, 1.82) is 0 Å². The molecule has 1 rings (SSSR count). The minimum absolute atomic E-state index is 0.118. The van der Waals surface area contributed by atoms with Crippen molar-refractivity contribution < 1.29 is 9.47 Å². The van der Waals surface area contributed by atoms with Crippen molar-refractivity contribution in [3.8, 4) is 11.5 Å². The Bertz CT molecular complexity index is 527. The van der Waals surface area contributed by atoms with Crippen molar-refractivity contribution in [2.24, 2.45) is 16.1 Å². The van der Waals surface area contributed by atoms with E-state index in [4.69, 9.17) is 15.2 Å². The molecule has 0 aliphatic heterocycles. The van der Waals surface area contributed by atoms with Crippen LogP contribution in [-0.4, -0.2) is 52.3 Å². The van der Waals surface area contributed by atoms with Crippen LogP contribution in [0.1, 0.15) is 19.4 Å². The van der Waals surface area contributed by atoms with Gasteiger partial charge in [-0.2, -0.15) is 0 Å². The highest BCUT2D eigenvalue weighted by molar-refractivity contribution is 5.77. The molecule has 0 heterocycles. The molecule has 0 unspecified atom stereocenters. The van der Waals surface area contributed by atoms with Gasteiger partial charge in [-0.15, -0.1) is 0 Å². The van der Waals surface area contributed by atoms with Crippen molar-refractivity contribution in [1.82, 2.24) is 10.2 Å². The summed E-state index contributed by atoms with van der Waals surface area (Å²) in [4.78, 5) is 6.55. The molecule has 0 aliphatic carbocycles. The molecule has 23 heavy (non-hydrogen) atoms. The maximum Gasteiger partial charge on any atom is 0.188 e. The van der Waals surface area contributed by atoms with E-state index < -0.39 is 0 Å². The van der Waals surface area contributed by atoms with E-state index in [9.17, 15) is 0 Å². The second-order valence-electron chi connectivity index (χ2n) is 6.65. The van der Waals surface area contributed by atoms with Gasteiger partial charge in [0.1, 0.15) is 0 Å². The minimum atomic E-state index is 0.118. The molecule has 130 valence electrons. The lowest BCUT2D eigenvalue weighted by molar-refractivity contribution is 0.241. The molecule has 0 fully saturated rings. The predicted molar refractivity (Wildman–Crippen MR) is 95.2 cm³/mol. The highest BCUT2D eigenvalue weighted by Gasteiger charge is 2.18. The van der Waals surface area contributed by atoms with Gasteiger partial charge in [-0.3, -0.25) is 0 Å². The van der Waals surface area contributed by atoms with Gasteiger partial charge in [-0.05, 0) is 37.2 Å². The van der Waals surface area contributed by atoms with Crippen LogP contribution in [0.5, 0.6) is 11.5 Å². The predicted octanol–water partition coefficient (Wildman–Crippen LogP) is 1.70. The first-order chi connectivity index (χ1) is 10.8. The van der Waals surface area contributed by atoms with Gasteiger partial charge >= 0.3 is 0 Å².